The second-order valence-corrected chi connectivity index (χ2v) is 5.86. The highest BCUT2D eigenvalue weighted by molar-refractivity contribution is 7.08. The molecule has 0 saturated carbocycles. The van der Waals surface area contributed by atoms with Crippen molar-refractivity contribution in [1.29, 1.82) is 0 Å². The maximum Gasteiger partial charge on any atom is 0.262 e. The molecule has 2 heterocycles. The first kappa shape index (κ1) is 14.7. The van der Waals surface area contributed by atoms with Crippen LogP contribution in [0.1, 0.15) is 0 Å². The third-order valence-corrected chi connectivity index (χ3v) is 3.80. The Labute approximate surface area is 133 Å². The van der Waals surface area contributed by atoms with Crippen LogP contribution < -0.4 is 4.74 Å². The smallest absolute Gasteiger partial charge is 0.262 e. The second kappa shape index (κ2) is 6.72. The van der Waals surface area contributed by atoms with Crippen molar-refractivity contribution in [3.05, 3.63) is 41.1 Å². The van der Waals surface area contributed by atoms with E-state index in [-0.39, 0.29) is 0 Å². The van der Waals surface area contributed by atoms with E-state index in [1.807, 2.05) is 55.2 Å². The zero-order chi connectivity index (χ0) is 15.4. The zero-order valence-corrected chi connectivity index (χ0v) is 13.3. The van der Waals surface area contributed by atoms with Crippen LogP contribution >= 0.6 is 11.3 Å². The summed E-state index contributed by atoms with van der Waals surface area (Å²) < 4.78 is 11.2. The number of para-hydroxylation sites is 1. The van der Waals surface area contributed by atoms with Crippen LogP contribution in [0.2, 0.25) is 0 Å². The summed E-state index contributed by atoms with van der Waals surface area (Å²) in [4.78, 5) is 6.54. The number of likely N-dealkylation sites (N-methyl/N-ethyl adjacent to an activating group) is 1. The number of hydrogen-bond donors (Lipinski definition) is 0. The molecule has 0 aliphatic heterocycles. The fraction of sp³-hybridized carbons (Fsp3) is 0.250. The van der Waals surface area contributed by atoms with E-state index in [4.69, 9.17) is 9.26 Å². The lowest BCUT2D eigenvalue weighted by Gasteiger charge is -2.12. The molecule has 0 radical (unpaired) electrons. The summed E-state index contributed by atoms with van der Waals surface area (Å²) in [5.74, 6) is 1.82. The maximum atomic E-state index is 5.83. The maximum absolute atomic E-state index is 5.83. The zero-order valence-electron chi connectivity index (χ0n) is 12.5. The van der Waals surface area contributed by atoms with Crippen LogP contribution in [0.25, 0.3) is 22.8 Å². The molecule has 0 aliphatic carbocycles. The molecule has 0 spiro atoms. The van der Waals surface area contributed by atoms with Gasteiger partial charge in [0.25, 0.3) is 5.89 Å². The van der Waals surface area contributed by atoms with Gasteiger partial charge in [0.2, 0.25) is 5.82 Å². The van der Waals surface area contributed by atoms with Gasteiger partial charge in [-0.2, -0.15) is 16.3 Å². The molecule has 0 amide bonds. The number of hydrogen-bond acceptors (Lipinski definition) is 6. The van der Waals surface area contributed by atoms with Gasteiger partial charge >= 0.3 is 0 Å². The Hall–Kier alpha value is -2.18. The SMILES string of the molecule is CN(C)CCOc1ccccc1-c1nc(-c2ccsc2)no1. The molecule has 0 saturated heterocycles. The van der Waals surface area contributed by atoms with Gasteiger partial charge in [-0.3, -0.25) is 0 Å². The molecule has 0 fully saturated rings. The van der Waals surface area contributed by atoms with Gasteiger partial charge in [0, 0.05) is 17.5 Å². The predicted molar refractivity (Wildman–Crippen MR) is 87.1 cm³/mol. The van der Waals surface area contributed by atoms with E-state index < -0.39 is 0 Å². The van der Waals surface area contributed by atoms with Gasteiger partial charge in [-0.1, -0.05) is 17.3 Å². The van der Waals surface area contributed by atoms with Crippen LogP contribution in [0.4, 0.5) is 0 Å². The Morgan fingerprint density at radius 3 is 2.86 bits per heavy atom. The molecule has 3 rings (SSSR count). The summed E-state index contributed by atoms with van der Waals surface area (Å²) in [6.07, 6.45) is 0. The normalized spacial score (nSPS) is 11.0. The van der Waals surface area contributed by atoms with Crippen LogP contribution in [0, 0.1) is 0 Å². The van der Waals surface area contributed by atoms with Gasteiger partial charge in [0.15, 0.2) is 0 Å². The van der Waals surface area contributed by atoms with Gasteiger partial charge in [0.1, 0.15) is 12.4 Å². The highest BCUT2D eigenvalue weighted by Crippen LogP contribution is 2.30. The molecule has 2 aromatic heterocycles. The Balaban J connectivity index is 1.82. The number of nitrogens with zero attached hydrogens (tertiary/aromatic N) is 3. The van der Waals surface area contributed by atoms with Crippen molar-refractivity contribution >= 4 is 11.3 Å². The molecule has 0 atom stereocenters. The Morgan fingerprint density at radius 1 is 1.23 bits per heavy atom. The van der Waals surface area contributed by atoms with Gasteiger partial charge in [-0.15, -0.1) is 0 Å². The minimum Gasteiger partial charge on any atom is -0.491 e. The van der Waals surface area contributed by atoms with Gasteiger partial charge < -0.3 is 14.2 Å². The van der Waals surface area contributed by atoms with Crippen LogP contribution in [0.15, 0.2) is 45.6 Å². The standard InChI is InChI=1S/C16H17N3O2S/c1-19(2)8-9-20-14-6-4-3-5-13(14)16-17-15(18-21-16)12-7-10-22-11-12/h3-7,10-11H,8-9H2,1-2H3. The highest BCUT2D eigenvalue weighted by Gasteiger charge is 2.14. The highest BCUT2D eigenvalue weighted by atomic mass is 32.1. The molecule has 1 aromatic carbocycles. The van der Waals surface area contributed by atoms with Crippen molar-refractivity contribution in [3.8, 4) is 28.6 Å². The van der Waals surface area contributed by atoms with E-state index in [1.54, 1.807) is 11.3 Å². The quantitative estimate of drug-likeness (QED) is 0.698. The average Bonchev–Trinajstić information content (AvgIpc) is 3.18. The first-order valence-corrected chi connectivity index (χ1v) is 7.91. The molecule has 114 valence electrons. The lowest BCUT2D eigenvalue weighted by atomic mass is 10.2. The Bertz CT molecular complexity index is 723. The summed E-state index contributed by atoms with van der Waals surface area (Å²) in [7, 11) is 4.03. The molecule has 6 heteroatoms. The summed E-state index contributed by atoms with van der Waals surface area (Å²) in [5.41, 5.74) is 1.78. The summed E-state index contributed by atoms with van der Waals surface area (Å²) in [6, 6.07) is 9.68. The lowest BCUT2D eigenvalue weighted by Crippen LogP contribution is -2.19. The second-order valence-electron chi connectivity index (χ2n) is 5.08. The van der Waals surface area contributed by atoms with E-state index in [0.717, 1.165) is 23.4 Å². The van der Waals surface area contributed by atoms with E-state index in [0.29, 0.717) is 18.3 Å². The molecule has 5 nitrogen and oxygen atoms in total. The number of benzene rings is 1. The van der Waals surface area contributed by atoms with Crippen molar-refractivity contribution in [1.82, 2.24) is 15.0 Å². The van der Waals surface area contributed by atoms with Gasteiger partial charge in [-0.05, 0) is 37.7 Å². The van der Waals surface area contributed by atoms with Crippen LogP contribution in [0.5, 0.6) is 5.75 Å². The van der Waals surface area contributed by atoms with Crippen molar-refractivity contribution in [2.75, 3.05) is 27.2 Å². The number of aromatic nitrogens is 2. The van der Waals surface area contributed by atoms with Crippen molar-refractivity contribution in [2.24, 2.45) is 0 Å². The molecule has 0 unspecified atom stereocenters. The van der Waals surface area contributed by atoms with Gasteiger partial charge in [-0.25, -0.2) is 0 Å². The molecule has 0 N–H and O–H groups in total. The molecule has 0 aliphatic rings. The topological polar surface area (TPSA) is 51.4 Å². The van der Waals surface area contributed by atoms with Crippen molar-refractivity contribution in [2.45, 2.75) is 0 Å². The minimum absolute atomic E-state index is 0.474. The van der Waals surface area contributed by atoms with Gasteiger partial charge in [0.05, 0.1) is 5.56 Å². The first-order valence-electron chi connectivity index (χ1n) is 6.97. The van der Waals surface area contributed by atoms with E-state index in [9.17, 15) is 0 Å². The molecule has 0 bridgehead atoms. The number of ether oxygens (including phenoxy) is 1. The van der Waals surface area contributed by atoms with Crippen molar-refractivity contribution < 1.29 is 9.26 Å². The summed E-state index contributed by atoms with van der Waals surface area (Å²) >= 11 is 1.61. The lowest BCUT2D eigenvalue weighted by molar-refractivity contribution is 0.261. The third kappa shape index (κ3) is 3.35. The average molecular weight is 315 g/mol. The third-order valence-electron chi connectivity index (χ3n) is 3.12. The molecule has 22 heavy (non-hydrogen) atoms. The van der Waals surface area contributed by atoms with Crippen molar-refractivity contribution in [3.63, 3.8) is 0 Å². The van der Waals surface area contributed by atoms with Crippen LogP contribution in [-0.4, -0.2) is 42.3 Å². The number of rotatable bonds is 6. The monoisotopic (exact) mass is 315 g/mol. The predicted octanol–water partition coefficient (Wildman–Crippen LogP) is 3.41. The minimum atomic E-state index is 0.474. The fourth-order valence-corrected chi connectivity index (χ4v) is 2.58. The number of thiophene rings is 1. The molecular weight excluding hydrogens is 298 g/mol. The largest absolute Gasteiger partial charge is 0.491 e. The summed E-state index contributed by atoms with van der Waals surface area (Å²) in [6.45, 7) is 1.45. The van der Waals surface area contributed by atoms with E-state index in [1.165, 1.54) is 0 Å². The van der Waals surface area contributed by atoms with Crippen LogP contribution in [-0.2, 0) is 0 Å². The first-order chi connectivity index (χ1) is 10.7. The fourth-order valence-electron chi connectivity index (χ4n) is 1.95. The Kier molecular flexibility index (Phi) is 4.50. The summed E-state index contributed by atoms with van der Waals surface area (Å²) in [5, 5.41) is 8.03. The van der Waals surface area contributed by atoms with E-state index >= 15 is 0 Å². The van der Waals surface area contributed by atoms with Crippen LogP contribution in [0.3, 0.4) is 0 Å². The molecule has 3 aromatic rings. The Morgan fingerprint density at radius 2 is 2.09 bits per heavy atom. The molecular formula is C16H17N3O2S. The van der Waals surface area contributed by atoms with E-state index in [2.05, 4.69) is 15.0 Å².